The monoisotopic (exact) mass is 438 g/mol. The lowest BCUT2D eigenvalue weighted by molar-refractivity contribution is -0.121. The molecule has 0 unspecified atom stereocenters. The lowest BCUT2D eigenvalue weighted by atomic mass is 10.1. The first kappa shape index (κ1) is 21.8. The van der Waals surface area contributed by atoms with Gasteiger partial charge in [-0.2, -0.15) is 0 Å². The van der Waals surface area contributed by atoms with E-state index in [4.69, 9.17) is 0 Å². The Hall–Kier alpha value is -3.85. The van der Waals surface area contributed by atoms with E-state index in [2.05, 4.69) is 20.9 Å². The molecule has 0 aliphatic carbocycles. The van der Waals surface area contributed by atoms with Gasteiger partial charge in [0.2, 0.25) is 17.7 Å². The number of hydrogen-bond acceptors (Lipinski definition) is 5. The first-order chi connectivity index (χ1) is 14.9. The number of benzene rings is 2. The smallest absolute Gasteiger partial charge is 0.245 e. The average Bonchev–Trinajstić information content (AvgIpc) is 3.19. The van der Waals surface area contributed by atoms with Crippen LogP contribution in [-0.2, 0) is 14.4 Å². The number of carbonyl (C=O) groups is 3. The van der Waals surface area contributed by atoms with Crippen LogP contribution in [0.15, 0.2) is 60.0 Å². The zero-order valence-electron chi connectivity index (χ0n) is 16.5. The molecule has 158 valence electrons. The van der Waals surface area contributed by atoms with Crippen LogP contribution in [0.5, 0.6) is 0 Å². The highest BCUT2D eigenvalue weighted by Gasteiger charge is 2.12. The van der Waals surface area contributed by atoms with Crippen LogP contribution in [0.4, 0.5) is 15.2 Å². The molecule has 31 heavy (non-hydrogen) atoms. The second-order valence-electron chi connectivity index (χ2n) is 6.42. The second kappa shape index (κ2) is 10.3. The maximum atomic E-state index is 14.3. The zero-order valence-corrected chi connectivity index (χ0v) is 17.3. The minimum Gasteiger partial charge on any atom is -0.343 e. The summed E-state index contributed by atoms with van der Waals surface area (Å²) in [5.41, 5.74) is 1.80. The topological polar surface area (TPSA) is 100 Å². The number of nitrogens with one attached hydrogen (secondary N) is 3. The average molecular weight is 438 g/mol. The quantitative estimate of drug-likeness (QED) is 0.490. The summed E-state index contributed by atoms with van der Waals surface area (Å²) >= 11 is 1.13. The first-order valence-corrected chi connectivity index (χ1v) is 10.1. The van der Waals surface area contributed by atoms with Crippen molar-refractivity contribution < 1.29 is 18.8 Å². The van der Waals surface area contributed by atoms with E-state index in [9.17, 15) is 18.8 Å². The van der Waals surface area contributed by atoms with Crippen molar-refractivity contribution in [1.29, 1.82) is 0 Å². The van der Waals surface area contributed by atoms with E-state index in [1.54, 1.807) is 17.5 Å². The Kier molecular flexibility index (Phi) is 7.23. The van der Waals surface area contributed by atoms with Gasteiger partial charge in [-0.05, 0) is 29.8 Å². The fourth-order valence-electron chi connectivity index (χ4n) is 2.58. The summed E-state index contributed by atoms with van der Waals surface area (Å²) in [7, 11) is 0. The van der Waals surface area contributed by atoms with Gasteiger partial charge in [-0.25, -0.2) is 9.37 Å². The molecule has 1 aromatic heterocycles. The first-order valence-electron chi connectivity index (χ1n) is 9.24. The molecule has 3 aromatic rings. The Morgan fingerprint density at radius 3 is 2.58 bits per heavy atom. The van der Waals surface area contributed by atoms with Crippen molar-refractivity contribution in [1.82, 2.24) is 10.3 Å². The summed E-state index contributed by atoms with van der Waals surface area (Å²) in [6, 6.07) is 13.6. The van der Waals surface area contributed by atoms with Crippen molar-refractivity contribution in [2.75, 3.05) is 17.2 Å². The molecule has 0 bridgehead atoms. The van der Waals surface area contributed by atoms with Gasteiger partial charge in [0, 0.05) is 29.6 Å². The molecule has 0 radical (unpaired) electrons. The molecule has 3 amide bonds. The molecule has 0 aliphatic rings. The second-order valence-corrected chi connectivity index (χ2v) is 7.28. The van der Waals surface area contributed by atoms with E-state index >= 15 is 0 Å². The van der Waals surface area contributed by atoms with Crippen LogP contribution in [-0.4, -0.2) is 29.3 Å². The minimum atomic E-state index is -0.549. The van der Waals surface area contributed by atoms with Crippen molar-refractivity contribution in [2.45, 2.75) is 6.92 Å². The van der Waals surface area contributed by atoms with Crippen molar-refractivity contribution in [2.24, 2.45) is 0 Å². The van der Waals surface area contributed by atoms with Crippen LogP contribution in [0.2, 0.25) is 0 Å². The molecule has 3 N–H and O–H groups in total. The van der Waals surface area contributed by atoms with Gasteiger partial charge in [0.1, 0.15) is 5.82 Å². The van der Waals surface area contributed by atoms with Gasteiger partial charge in [-0.3, -0.25) is 14.4 Å². The molecule has 9 heteroatoms. The maximum Gasteiger partial charge on any atom is 0.245 e. The molecule has 2 aromatic carbocycles. The van der Waals surface area contributed by atoms with Crippen LogP contribution >= 0.6 is 11.3 Å². The van der Waals surface area contributed by atoms with Crippen LogP contribution in [0.1, 0.15) is 12.5 Å². The number of carbonyl (C=O) groups excluding carboxylic acids is 3. The van der Waals surface area contributed by atoms with E-state index in [0.717, 1.165) is 16.9 Å². The Morgan fingerprint density at radius 2 is 1.87 bits per heavy atom. The summed E-state index contributed by atoms with van der Waals surface area (Å²) in [6.07, 6.45) is 2.99. The highest BCUT2D eigenvalue weighted by atomic mass is 32.1. The van der Waals surface area contributed by atoms with Gasteiger partial charge in [-0.15, -0.1) is 11.3 Å². The fourth-order valence-corrected chi connectivity index (χ4v) is 3.31. The SMILES string of the molecule is CC(=O)Nc1ccc(-c2csc(NC(=O)CNC(=O)/C=C/c3ccccc3)n2)c(F)c1. The largest absolute Gasteiger partial charge is 0.343 e. The Labute approximate surface area is 182 Å². The van der Waals surface area contributed by atoms with E-state index in [1.807, 2.05) is 30.3 Å². The van der Waals surface area contributed by atoms with E-state index < -0.39 is 17.6 Å². The summed E-state index contributed by atoms with van der Waals surface area (Å²) in [4.78, 5) is 39.2. The highest BCUT2D eigenvalue weighted by molar-refractivity contribution is 7.14. The van der Waals surface area contributed by atoms with E-state index in [1.165, 1.54) is 25.1 Å². The number of amides is 3. The molecule has 3 rings (SSSR count). The van der Waals surface area contributed by atoms with Crippen molar-refractivity contribution in [3.63, 3.8) is 0 Å². The third-order valence-electron chi connectivity index (χ3n) is 3.97. The molecule has 0 aliphatic heterocycles. The van der Waals surface area contributed by atoms with Crippen LogP contribution in [0.3, 0.4) is 0 Å². The van der Waals surface area contributed by atoms with Crippen molar-refractivity contribution in [3.8, 4) is 11.3 Å². The van der Waals surface area contributed by atoms with Gasteiger partial charge in [0.05, 0.1) is 12.2 Å². The van der Waals surface area contributed by atoms with Gasteiger partial charge in [-0.1, -0.05) is 30.3 Å². The molecular formula is C22H19FN4O3S. The molecule has 0 fully saturated rings. The third-order valence-corrected chi connectivity index (χ3v) is 4.72. The van der Waals surface area contributed by atoms with Gasteiger partial charge < -0.3 is 16.0 Å². The van der Waals surface area contributed by atoms with Gasteiger partial charge >= 0.3 is 0 Å². The Balaban J connectivity index is 1.53. The van der Waals surface area contributed by atoms with Crippen LogP contribution in [0, 0.1) is 5.82 Å². The van der Waals surface area contributed by atoms with Crippen LogP contribution in [0.25, 0.3) is 17.3 Å². The number of hydrogen-bond donors (Lipinski definition) is 3. The molecule has 7 nitrogen and oxygen atoms in total. The van der Waals surface area contributed by atoms with Gasteiger partial charge in [0.15, 0.2) is 5.13 Å². The third kappa shape index (κ3) is 6.58. The normalized spacial score (nSPS) is 10.6. The summed E-state index contributed by atoms with van der Waals surface area (Å²) in [5, 5.41) is 9.44. The number of rotatable bonds is 7. The van der Waals surface area contributed by atoms with Crippen molar-refractivity contribution in [3.05, 3.63) is 71.4 Å². The van der Waals surface area contributed by atoms with E-state index in [-0.39, 0.29) is 23.1 Å². The highest BCUT2D eigenvalue weighted by Crippen LogP contribution is 2.28. The zero-order chi connectivity index (χ0) is 22.2. The van der Waals surface area contributed by atoms with Gasteiger partial charge in [0.25, 0.3) is 0 Å². The standard InChI is InChI=1S/C22H19FN4O3S/c1-14(28)25-16-8-9-17(18(23)11-16)19-13-31-22(26-19)27-21(30)12-24-20(29)10-7-15-5-3-2-4-6-15/h2-11,13H,12H2,1H3,(H,24,29)(H,25,28)(H,26,27,30)/b10-7+. The van der Waals surface area contributed by atoms with Crippen LogP contribution < -0.4 is 16.0 Å². The Bertz CT molecular complexity index is 1130. The van der Waals surface area contributed by atoms with Crippen molar-refractivity contribution >= 4 is 46.0 Å². The van der Waals surface area contributed by atoms with E-state index in [0.29, 0.717) is 11.4 Å². The lowest BCUT2D eigenvalue weighted by Gasteiger charge is -2.05. The summed E-state index contributed by atoms with van der Waals surface area (Å²) in [6.45, 7) is 1.11. The number of thiazole rings is 1. The minimum absolute atomic E-state index is 0.230. The predicted molar refractivity (Wildman–Crippen MR) is 119 cm³/mol. The molecule has 0 saturated carbocycles. The molecule has 0 saturated heterocycles. The number of halogens is 1. The summed E-state index contributed by atoms with van der Waals surface area (Å²) in [5.74, 6) is -1.70. The predicted octanol–water partition coefficient (Wildman–Crippen LogP) is 3.68. The number of anilines is 2. The summed E-state index contributed by atoms with van der Waals surface area (Å²) < 4.78 is 14.3. The lowest BCUT2D eigenvalue weighted by Crippen LogP contribution is -2.31. The number of aromatic nitrogens is 1. The molecular weight excluding hydrogens is 419 g/mol. The fraction of sp³-hybridized carbons (Fsp3) is 0.0909. The Morgan fingerprint density at radius 1 is 1.10 bits per heavy atom. The number of nitrogens with zero attached hydrogens (tertiary/aromatic N) is 1. The molecule has 1 heterocycles. The molecule has 0 spiro atoms. The maximum absolute atomic E-state index is 14.3. The molecule has 0 atom stereocenters.